The number of ether oxygens (including phenoxy) is 2. The highest BCUT2D eigenvalue weighted by molar-refractivity contribution is 6.30. The SMILES string of the molecule is CCC(Oc1cccc(Cl)c1)C(=O)Nc1cccc(OC(C)C)c1. The van der Waals surface area contributed by atoms with Crippen molar-refractivity contribution in [2.24, 2.45) is 0 Å². The Morgan fingerprint density at radius 3 is 2.38 bits per heavy atom. The molecule has 0 aliphatic heterocycles. The number of amides is 1. The van der Waals surface area contributed by atoms with E-state index in [4.69, 9.17) is 21.1 Å². The standard InChI is InChI=1S/C19H22ClNO3/c1-4-18(24-16-9-5-7-14(20)11-16)19(22)21-15-8-6-10-17(12-15)23-13(2)3/h5-13,18H,4H2,1-3H3,(H,21,22). The molecule has 4 nitrogen and oxygen atoms in total. The van der Waals surface area contributed by atoms with Crippen molar-refractivity contribution in [3.63, 3.8) is 0 Å². The summed E-state index contributed by atoms with van der Waals surface area (Å²) < 4.78 is 11.4. The Labute approximate surface area is 147 Å². The fourth-order valence-electron chi connectivity index (χ4n) is 2.17. The van der Waals surface area contributed by atoms with Gasteiger partial charge < -0.3 is 14.8 Å². The Hall–Kier alpha value is -2.20. The molecule has 1 N–H and O–H groups in total. The molecule has 2 rings (SSSR count). The van der Waals surface area contributed by atoms with E-state index in [2.05, 4.69) is 5.32 Å². The molecule has 0 saturated carbocycles. The lowest BCUT2D eigenvalue weighted by atomic mass is 10.2. The first-order valence-corrected chi connectivity index (χ1v) is 8.35. The van der Waals surface area contributed by atoms with E-state index in [0.717, 1.165) is 0 Å². The van der Waals surface area contributed by atoms with Crippen molar-refractivity contribution >= 4 is 23.2 Å². The first-order chi connectivity index (χ1) is 11.5. The maximum Gasteiger partial charge on any atom is 0.265 e. The number of anilines is 1. The second kappa shape index (κ2) is 8.60. The van der Waals surface area contributed by atoms with Crippen molar-refractivity contribution in [1.29, 1.82) is 0 Å². The molecule has 0 aliphatic rings. The molecule has 2 aromatic rings. The zero-order chi connectivity index (χ0) is 17.5. The molecular formula is C19H22ClNO3. The van der Waals surface area contributed by atoms with Crippen LogP contribution in [0.25, 0.3) is 0 Å². The molecule has 24 heavy (non-hydrogen) atoms. The lowest BCUT2D eigenvalue weighted by Gasteiger charge is -2.18. The van der Waals surface area contributed by atoms with Crippen LogP contribution in [0.15, 0.2) is 48.5 Å². The van der Waals surface area contributed by atoms with E-state index >= 15 is 0 Å². The van der Waals surface area contributed by atoms with Crippen molar-refractivity contribution in [3.05, 3.63) is 53.6 Å². The number of hydrogen-bond acceptors (Lipinski definition) is 3. The number of hydrogen-bond donors (Lipinski definition) is 1. The van der Waals surface area contributed by atoms with Gasteiger partial charge in [-0.1, -0.05) is 30.7 Å². The van der Waals surface area contributed by atoms with Crippen molar-refractivity contribution < 1.29 is 14.3 Å². The summed E-state index contributed by atoms with van der Waals surface area (Å²) in [5.41, 5.74) is 0.672. The highest BCUT2D eigenvalue weighted by Gasteiger charge is 2.19. The number of rotatable bonds is 7. The monoisotopic (exact) mass is 347 g/mol. The summed E-state index contributed by atoms with van der Waals surface area (Å²) in [6.07, 6.45) is 0.0178. The smallest absolute Gasteiger partial charge is 0.265 e. The number of carbonyl (C=O) groups is 1. The summed E-state index contributed by atoms with van der Waals surface area (Å²) in [6, 6.07) is 14.3. The first-order valence-electron chi connectivity index (χ1n) is 7.97. The van der Waals surface area contributed by atoms with E-state index in [9.17, 15) is 4.79 Å². The normalized spacial score (nSPS) is 11.9. The van der Waals surface area contributed by atoms with Gasteiger partial charge in [-0.3, -0.25) is 4.79 Å². The van der Waals surface area contributed by atoms with Gasteiger partial charge in [0.25, 0.3) is 5.91 Å². The summed E-state index contributed by atoms with van der Waals surface area (Å²) in [4.78, 5) is 12.5. The molecular weight excluding hydrogens is 326 g/mol. The summed E-state index contributed by atoms with van der Waals surface area (Å²) >= 11 is 5.95. The van der Waals surface area contributed by atoms with E-state index in [1.807, 2.05) is 39.0 Å². The highest BCUT2D eigenvalue weighted by atomic mass is 35.5. The van der Waals surface area contributed by atoms with Gasteiger partial charge in [-0.15, -0.1) is 0 Å². The van der Waals surface area contributed by atoms with Gasteiger partial charge in [-0.2, -0.15) is 0 Å². The summed E-state index contributed by atoms with van der Waals surface area (Å²) in [6.45, 7) is 5.81. The predicted octanol–water partition coefficient (Wildman–Crippen LogP) is 4.92. The molecule has 128 valence electrons. The van der Waals surface area contributed by atoms with Crippen molar-refractivity contribution in [2.45, 2.75) is 39.4 Å². The summed E-state index contributed by atoms with van der Waals surface area (Å²) in [5.74, 6) is 1.08. The fourth-order valence-corrected chi connectivity index (χ4v) is 2.35. The van der Waals surface area contributed by atoms with Gasteiger partial charge in [-0.05, 0) is 50.6 Å². The minimum absolute atomic E-state index is 0.0745. The number of benzene rings is 2. The second-order valence-corrected chi connectivity index (χ2v) is 6.09. The molecule has 0 fully saturated rings. The predicted molar refractivity (Wildman–Crippen MR) is 97.0 cm³/mol. The second-order valence-electron chi connectivity index (χ2n) is 5.66. The van der Waals surface area contributed by atoms with Crippen LogP contribution in [0.5, 0.6) is 11.5 Å². The van der Waals surface area contributed by atoms with Crippen molar-refractivity contribution in [2.75, 3.05) is 5.32 Å². The Bertz CT molecular complexity index is 688. The Kier molecular flexibility index (Phi) is 6.50. The zero-order valence-corrected chi connectivity index (χ0v) is 14.8. The van der Waals surface area contributed by atoms with Crippen LogP contribution in [-0.2, 0) is 4.79 Å². The molecule has 1 amide bonds. The minimum Gasteiger partial charge on any atom is -0.491 e. The van der Waals surface area contributed by atoms with E-state index in [1.54, 1.807) is 30.3 Å². The Morgan fingerprint density at radius 2 is 1.75 bits per heavy atom. The quantitative estimate of drug-likeness (QED) is 0.773. The third-order valence-electron chi connectivity index (χ3n) is 3.21. The molecule has 1 unspecified atom stereocenters. The number of halogens is 1. The van der Waals surface area contributed by atoms with Crippen LogP contribution >= 0.6 is 11.6 Å². The maximum atomic E-state index is 12.5. The van der Waals surface area contributed by atoms with E-state index in [1.165, 1.54) is 0 Å². The molecule has 0 heterocycles. The zero-order valence-electron chi connectivity index (χ0n) is 14.1. The molecule has 0 saturated heterocycles. The average molecular weight is 348 g/mol. The van der Waals surface area contributed by atoms with Gasteiger partial charge in [0.15, 0.2) is 6.10 Å². The van der Waals surface area contributed by atoms with Gasteiger partial charge in [0.05, 0.1) is 6.10 Å². The van der Waals surface area contributed by atoms with Gasteiger partial charge in [-0.25, -0.2) is 0 Å². The molecule has 0 bridgehead atoms. The van der Waals surface area contributed by atoms with Gasteiger partial charge in [0, 0.05) is 16.8 Å². The van der Waals surface area contributed by atoms with Crippen LogP contribution in [0.1, 0.15) is 27.2 Å². The largest absolute Gasteiger partial charge is 0.491 e. The van der Waals surface area contributed by atoms with E-state index in [-0.39, 0.29) is 12.0 Å². The van der Waals surface area contributed by atoms with E-state index in [0.29, 0.717) is 28.6 Å². The van der Waals surface area contributed by atoms with Crippen LogP contribution in [0, 0.1) is 0 Å². The molecule has 0 aliphatic carbocycles. The fraction of sp³-hybridized carbons (Fsp3) is 0.316. The maximum absolute atomic E-state index is 12.5. The van der Waals surface area contributed by atoms with Gasteiger partial charge in [0.1, 0.15) is 11.5 Å². The molecule has 0 spiro atoms. The minimum atomic E-state index is -0.599. The molecule has 1 atom stereocenters. The van der Waals surface area contributed by atoms with Gasteiger partial charge in [0.2, 0.25) is 0 Å². The Balaban J connectivity index is 2.04. The van der Waals surface area contributed by atoms with Crippen LogP contribution < -0.4 is 14.8 Å². The van der Waals surface area contributed by atoms with Crippen molar-refractivity contribution in [3.8, 4) is 11.5 Å². The lowest BCUT2D eigenvalue weighted by molar-refractivity contribution is -0.122. The van der Waals surface area contributed by atoms with Crippen LogP contribution in [0.4, 0.5) is 5.69 Å². The third-order valence-corrected chi connectivity index (χ3v) is 3.45. The third kappa shape index (κ3) is 5.46. The Morgan fingerprint density at radius 1 is 1.08 bits per heavy atom. The average Bonchev–Trinajstić information content (AvgIpc) is 2.52. The van der Waals surface area contributed by atoms with Crippen LogP contribution in [0.3, 0.4) is 0 Å². The van der Waals surface area contributed by atoms with Crippen LogP contribution in [0.2, 0.25) is 5.02 Å². The number of carbonyl (C=O) groups excluding carboxylic acids is 1. The summed E-state index contributed by atoms with van der Waals surface area (Å²) in [5, 5.41) is 3.44. The highest BCUT2D eigenvalue weighted by Crippen LogP contribution is 2.21. The topological polar surface area (TPSA) is 47.6 Å². The van der Waals surface area contributed by atoms with Crippen LogP contribution in [-0.4, -0.2) is 18.1 Å². The number of nitrogens with one attached hydrogen (secondary N) is 1. The lowest BCUT2D eigenvalue weighted by Crippen LogP contribution is -2.32. The van der Waals surface area contributed by atoms with Gasteiger partial charge >= 0.3 is 0 Å². The molecule has 0 aromatic heterocycles. The summed E-state index contributed by atoms with van der Waals surface area (Å²) in [7, 11) is 0. The first kappa shape index (κ1) is 18.1. The van der Waals surface area contributed by atoms with E-state index < -0.39 is 6.10 Å². The molecule has 5 heteroatoms. The molecule has 2 aromatic carbocycles. The molecule has 0 radical (unpaired) electrons. The van der Waals surface area contributed by atoms with Crippen molar-refractivity contribution in [1.82, 2.24) is 0 Å².